The Bertz CT molecular complexity index is 849. The fourth-order valence-electron chi connectivity index (χ4n) is 3.21. The molecule has 0 saturated carbocycles. The maximum atomic E-state index is 12.1. The van der Waals surface area contributed by atoms with Crippen molar-refractivity contribution < 1.29 is 19.5 Å². The van der Waals surface area contributed by atoms with E-state index in [1.807, 2.05) is 48.5 Å². The standard InChI is InChI=1S/C21H22N2O4/c24-19(23-18(21(26)27)12-14-5-2-1-3-6-14)8-4-7-15-9-10-17-16(11-15)13-20(25)22-17/h1-3,5-6,9-11,18H,4,7-8,12-13H2,(H,22,25)(H,23,24)(H,26,27)/t18-/m1/s1. The maximum absolute atomic E-state index is 12.1. The molecule has 2 amide bonds. The summed E-state index contributed by atoms with van der Waals surface area (Å²) >= 11 is 0. The maximum Gasteiger partial charge on any atom is 0.326 e. The van der Waals surface area contributed by atoms with Crippen molar-refractivity contribution in [3.63, 3.8) is 0 Å². The SMILES string of the molecule is O=C1Cc2cc(CCCC(=O)N[C@H](Cc3ccccc3)C(=O)O)ccc2N1. The highest BCUT2D eigenvalue weighted by Gasteiger charge is 2.20. The van der Waals surface area contributed by atoms with Gasteiger partial charge >= 0.3 is 5.97 Å². The molecule has 0 bridgehead atoms. The number of nitrogens with one attached hydrogen (secondary N) is 2. The Morgan fingerprint density at radius 3 is 2.63 bits per heavy atom. The van der Waals surface area contributed by atoms with Crippen molar-refractivity contribution in [1.82, 2.24) is 5.32 Å². The molecule has 0 aliphatic carbocycles. The highest BCUT2D eigenvalue weighted by atomic mass is 16.4. The zero-order valence-corrected chi connectivity index (χ0v) is 14.9. The molecule has 0 radical (unpaired) electrons. The molecule has 1 heterocycles. The minimum atomic E-state index is -1.04. The average Bonchev–Trinajstić information content (AvgIpc) is 3.01. The number of carbonyl (C=O) groups is 3. The number of aliphatic carboxylic acids is 1. The third kappa shape index (κ3) is 5.17. The van der Waals surface area contributed by atoms with Crippen molar-refractivity contribution in [3.8, 4) is 0 Å². The summed E-state index contributed by atoms with van der Waals surface area (Å²) in [4.78, 5) is 35.0. The monoisotopic (exact) mass is 366 g/mol. The minimum absolute atomic E-state index is 0.000318. The van der Waals surface area contributed by atoms with E-state index in [-0.39, 0.29) is 24.7 Å². The predicted octanol–water partition coefficient (Wildman–Crippen LogP) is 2.32. The van der Waals surface area contributed by atoms with E-state index >= 15 is 0 Å². The summed E-state index contributed by atoms with van der Waals surface area (Å²) in [6.45, 7) is 0. The molecule has 0 unspecified atom stereocenters. The Morgan fingerprint density at radius 1 is 1.11 bits per heavy atom. The second-order valence-corrected chi connectivity index (χ2v) is 6.72. The molecule has 0 fully saturated rings. The van der Waals surface area contributed by atoms with Gasteiger partial charge < -0.3 is 15.7 Å². The molecule has 3 N–H and O–H groups in total. The van der Waals surface area contributed by atoms with Crippen LogP contribution in [0.1, 0.15) is 29.5 Å². The largest absolute Gasteiger partial charge is 0.480 e. The van der Waals surface area contributed by atoms with E-state index in [2.05, 4.69) is 10.6 Å². The van der Waals surface area contributed by atoms with Crippen molar-refractivity contribution in [2.75, 3.05) is 5.32 Å². The first kappa shape index (κ1) is 18.6. The average molecular weight is 366 g/mol. The van der Waals surface area contributed by atoms with E-state index < -0.39 is 12.0 Å². The summed E-state index contributed by atoms with van der Waals surface area (Å²) < 4.78 is 0. The molecule has 6 nitrogen and oxygen atoms in total. The van der Waals surface area contributed by atoms with Crippen molar-refractivity contribution in [1.29, 1.82) is 0 Å². The van der Waals surface area contributed by atoms with Gasteiger partial charge in [-0.1, -0.05) is 42.5 Å². The van der Waals surface area contributed by atoms with Crippen LogP contribution in [0.15, 0.2) is 48.5 Å². The number of aryl methyl sites for hydroxylation is 1. The van der Waals surface area contributed by atoms with Crippen LogP contribution < -0.4 is 10.6 Å². The summed E-state index contributed by atoms with van der Waals surface area (Å²) in [5, 5.41) is 14.7. The number of hydrogen-bond acceptors (Lipinski definition) is 3. The van der Waals surface area contributed by atoms with Gasteiger partial charge in [0.25, 0.3) is 0 Å². The van der Waals surface area contributed by atoms with E-state index in [9.17, 15) is 19.5 Å². The fraction of sp³-hybridized carbons (Fsp3) is 0.286. The first-order valence-electron chi connectivity index (χ1n) is 8.99. The molecular weight excluding hydrogens is 344 g/mol. The van der Waals surface area contributed by atoms with Crippen LogP contribution in [-0.4, -0.2) is 28.9 Å². The summed E-state index contributed by atoms with van der Waals surface area (Å²) in [5.74, 6) is -1.31. The quantitative estimate of drug-likeness (QED) is 0.668. The molecule has 0 spiro atoms. The van der Waals surface area contributed by atoms with Crippen LogP contribution in [0.25, 0.3) is 0 Å². The highest BCUT2D eigenvalue weighted by Crippen LogP contribution is 2.24. The zero-order valence-electron chi connectivity index (χ0n) is 14.9. The molecule has 27 heavy (non-hydrogen) atoms. The summed E-state index contributed by atoms with van der Waals surface area (Å²) in [6, 6.07) is 14.1. The number of benzene rings is 2. The first-order valence-corrected chi connectivity index (χ1v) is 8.99. The van der Waals surface area contributed by atoms with E-state index in [1.54, 1.807) is 0 Å². The smallest absolute Gasteiger partial charge is 0.326 e. The molecule has 2 aromatic rings. The normalized spacial score (nSPS) is 13.6. The predicted molar refractivity (Wildman–Crippen MR) is 101 cm³/mol. The van der Waals surface area contributed by atoms with Gasteiger partial charge in [0.2, 0.25) is 11.8 Å². The zero-order chi connectivity index (χ0) is 19.2. The fourth-order valence-corrected chi connectivity index (χ4v) is 3.21. The molecule has 0 saturated heterocycles. The second kappa shape index (κ2) is 8.49. The van der Waals surface area contributed by atoms with Crippen molar-refractivity contribution in [2.45, 2.75) is 38.1 Å². The van der Waals surface area contributed by atoms with Gasteiger partial charge in [-0.25, -0.2) is 4.79 Å². The van der Waals surface area contributed by atoms with Crippen LogP contribution in [0.4, 0.5) is 5.69 Å². The van der Waals surface area contributed by atoms with Gasteiger partial charge in [0.15, 0.2) is 0 Å². The topological polar surface area (TPSA) is 95.5 Å². The lowest BCUT2D eigenvalue weighted by molar-refractivity contribution is -0.141. The van der Waals surface area contributed by atoms with Crippen molar-refractivity contribution in [2.24, 2.45) is 0 Å². The lowest BCUT2D eigenvalue weighted by atomic mass is 10.0. The van der Waals surface area contributed by atoms with E-state index in [4.69, 9.17) is 0 Å². The van der Waals surface area contributed by atoms with Gasteiger partial charge in [-0.2, -0.15) is 0 Å². The molecule has 140 valence electrons. The van der Waals surface area contributed by atoms with E-state index in [1.165, 1.54) is 0 Å². The molecule has 1 atom stereocenters. The number of rotatable bonds is 8. The molecule has 0 aromatic heterocycles. The molecule has 1 aliphatic rings. The first-order chi connectivity index (χ1) is 13.0. The molecule has 3 rings (SSSR count). The van der Waals surface area contributed by atoms with Crippen LogP contribution >= 0.6 is 0 Å². The number of carboxylic acids is 1. The van der Waals surface area contributed by atoms with E-state index in [0.29, 0.717) is 19.3 Å². The lowest BCUT2D eigenvalue weighted by Gasteiger charge is -2.14. The third-order valence-corrected chi connectivity index (χ3v) is 4.58. The molecule has 2 aromatic carbocycles. The summed E-state index contributed by atoms with van der Waals surface area (Å²) in [5.41, 5.74) is 3.77. The van der Waals surface area contributed by atoms with Gasteiger partial charge in [0, 0.05) is 18.5 Å². The number of hydrogen-bond donors (Lipinski definition) is 3. The number of amides is 2. The number of anilines is 1. The van der Waals surface area contributed by atoms with Crippen LogP contribution in [-0.2, 0) is 33.6 Å². The van der Waals surface area contributed by atoms with Crippen LogP contribution in [0, 0.1) is 0 Å². The Hall–Kier alpha value is -3.15. The molecular formula is C21H22N2O4. The van der Waals surface area contributed by atoms with Gasteiger partial charge in [0.05, 0.1) is 6.42 Å². The highest BCUT2D eigenvalue weighted by molar-refractivity contribution is 5.99. The van der Waals surface area contributed by atoms with Gasteiger partial charge in [0.1, 0.15) is 6.04 Å². The van der Waals surface area contributed by atoms with Crippen LogP contribution in [0.2, 0.25) is 0 Å². The molecule has 6 heteroatoms. The number of carbonyl (C=O) groups excluding carboxylic acids is 2. The second-order valence-electron chi connectivity index (χ2n) is 6.72. The number of fused-ring (bicyclic) bond motifs is 1. The summed E-state index contributed by atoms with van der Waals surface area (Å²) in [7, 11) is 0. The van der Waals surface area contributed by atoms with Gasteiger partial charge in [-0.3, -0.25) is 9.59 Å². The van der Waals surface area contributed by atoms with Crippen LogP contribution in [0.5, 0.6) is 0 Å². The minimum Gasteiger partial charge on any atom is -0.480 e. The summed E-state index contributed by atoms with van der Waals surface area (Å²) in [6.07, 6.45) is 2.22. The Kier molecular flexibility index (Phi) is 5.86. The van der Waals surface area contributed by atoms with Gasteiger partial charge in [-0.05, 0) is 35.6 Å². The van der Waals surface area contributed by atoms with Crippen molar-refractivity contribution in [3.05, 3.63) is 65.2 Å². The van der Waals surface area contributed by atoms with Gasteiger partial charge in [-0.15, -0.1) is 0 Å². The van der Waals surface area contributed by atoms with Crippen molar-refractivity contribution >= 4 is 23.5 Å². The van der Waals surface area contributed by atoms with E-state index in [0.717, 1.165) is 22.4 Å². The Morgan fingerprint density at radius 2 is 1.89 bits per heavy atom. The number of carboxylic acid groups (broad SMARTS) is 1. The Labute approximate surface area is 157 Å². The third-order valence-electron chi connectivity index (χ3n) is 4.58. The Balaban J connectivity index is 1.48. The molecule has 1 aliphatic heterocycles. The lowest BCUT2D eigenvalue weighted by Crippen LogP contribution is -2.42. The van der Waals surface area contributed by atoms with Crippen LogP contribution in [0.3, 0.4) is 0 Å².